The molecule has 156 valence electrons. The first-order valence-corrected chi connectivity index (χ1v) is 9.10. The highest BCUT2D eigenvalue weighted by molar-refractivity contribution is 5.73. The fraction of sp³-hybridized carbons (Fsp3) is 0.143. The first-order chi connectivity index (χ1) is 14.9. The predicted octanol–water partition coefficient (Wildman–Crippen LogP) is 4.04. The second kappa shape index (κ2) is 6.70. The summed E-state index contributed by atoms with van der Waals surface area (Å²) in [6.07, 6.45) is -4.63. The van der Waals surface area contributed by atoms with Gasteiger partial charge in [-0.3, -0.25) is 5.10 Å². The number of hydrogen-bond donors (Lipinski definition) is 2. The lowest BCUT2D eigenvalue weighted by Crippen LogP contribution is -2.23. The van der Waals surface area contributed by atoms with E-state index < -0.39 is 17.7 Å². The largest absolute Gasteiger partial charge is 0.454 e. The summed E-state index contributed by atoms with van der Waals surface area (Å²) in [6, 6.07) is 12.0. The first-order valence-electron chi connectivity index (χ1n) is 9.10. The Morgan fingerprint density at radius 2 is 1.90 bits per heavy atom. The second-order valence-corrected chi connectivity index (χ2v) is 6.90. The number of H-pyrrole nitrogens is 1. The van der Waals surface area contributed by atoms with Crippen LogP contribution in [0.15, 0.2) is 53.9 Å². The Morgan fingerprint density at radius 3 is 2.68 bits per heavy atom. The molecule has 3 heterocycles. The number of allylic oxidation sites excluding steroid dienone is 1. The Kier molecular flexibility index (Phi) is 4.08. The third-order valence-corrected chi connectivity index (χ3v) is 5.18. The number of fused-ring (bicyclic) bond motifs is 2. The quantitative estimate of drug-likeness (QED) is 0.641. The monoisotopic (exact) mass is 426 g/mol. The average molecular weight is 426 g/mol. The Morgan fingerprint density at radius 1 is 1.13 bits per heavy atom. The van der Waals surface area contributed by atoms with Crippen molar-refractivity contribution in [3.8, 4) is 34.7 Å². The molecule has 2 aliphatic rings. The summed E-state index contributed by atoms with van der Waals surface area (Å²) in [7, 11) is 0. The Hall–Kier alpha value is -4.13. The smallest absolute Gasteiger partial charge is 0.416 e. The van der Waals surface area contributed by atoms with Crippen molar-refractivity contribution in [2.24, 2.45) is 5.73 Å². The maximum atomic E-state index is 13.8. The Labute approximate surface area is 173 Å². The minimum Gasteiger partial charge on any atom is -0.454 e. The normalized spacial score (nSPS) is 17.2. The molecule has 0 saturated carbocycles. The summed E-state index contributed by atoms with van der Waals surface area (Å²) in [5, 5.41) is 16.6. The molecule has 0 spiro atoms. The molecule has 2 aromatic carbocycles. The number of hydrogen-bond acceptors (Lipinski definition) is 6. The summed E-state index contributed by atoms with van der Waals surface area (Å²) in [6.45, 7) is 0.0718. The molecule has 0 amide bonds. The first kappa shape index (κ1) is 18.9. The van der Waals surface area contributed by atoms with Crippen LogP contribution < -0.4 is 19.9 Å². The molecule has 10 heteroatoms. The van der Waals surface area contributed by atoms with Crippen molar-refractivity contribution < 1.29 is 27.4 Å². The number of nitrogens with two attached hydrogens (primary N) is 1. The van der Waals surface area contributed by atoms with Crippen LogP contribution >= 0.6 is 0 Å². The molecule has 0 radical (unpaired) electrons. The lowest BCUT2D eigenvalue weighted by atomic mass is 9.81. The van der Waals surface area contributed by atoms with Crippen molar-refractivity contribution in [1.29, 1.82) is 5.26 Å². The van der Waals surface area contributed by atoms with Gasteiger partial charge in [0, 0.05) is 5.56 Å². The topological polar surface area (TPSA) is 106 Å². The zero-order chi connectivity index (χ0) is 21.8. The molecule has 31 heavy (non-hydrogen) atoms. The van der Waals surface area contributed by atoms with E-state index in [1.54, 1.807) is 18.2 Å². The fourth-order valence-electron chi connectivity index (χ4n) is 3.84. The standard InChI is InChI=1S/C21H13F3N4O3/c22-21(23,24)13-4-2-1-3-11(13)16-12(8-25)19(26)31-20-17(16)18(27-28-20)10-5-6-14-15(7-10)30-9-29-14/h1-7,16H,9,26H2,(H,27,28)/t16-/m0/s1. The average Bonchev–Trinajstić information content (AvgIpc) is 3.38. The number of nitriles is 1. The molecule has 1 atom stereocenters. The van der Waals surface area contributed by atoms with Crippen molar-refractivity contribution in [1.82, 2.24) is 10.2 Å². The van der Waals surface area contributed by atoms with Crippen LogP contribution in [0, 0.1) is 11.3 Å². The summed E-state index contributed by atoms with van der Waals surface area (Å²) >= 11 is 0. The molecule has 0 bridgehead atoms. The molecule has 0 aliphatic carbocycles. The van der Waals surface area contributed by atoms with Crippen molar-refractivity contribution >= 4 is 0 Å². The zero-order valence-corrected chi connectivity index (χ0v) is 15.7. The Balaban J connectivity index is 1.75. The molecule has 0 fully saturated rings. The summed E-state index contributed by atoms with van der Waals surface area (Å²) in [4.78, 5) is 0. The van der Waals surface area contributed by atoms with Crippen molar-refractivity contribution in [2.45, 2.75) is 12.1 Å². The third-order valence-electron chi connectivity index (χ3n) is 5.18. The fourth-order valence-corrected chi connectivity index (χ4v) is 3.84. The van der Waals surface area contributed by atoms with Crippen molar-refractivity contribution in [3.05, 3.63) is 70.6 Å². The highest BCUT2D eigenvalue weighted by Gasteiger charge is 2.41. The molecule has 0 saturated heterocycles. The van der Waals surface area contributed by atoms with Gasteiger partial charge in [-0.05, 0) is 29.8 Å². The number of aromatic nitrogens is 2. The molecule has 2 aliphatic heterocycles. The lowest BCUT2D eigenvalue weighted by molar-refractivity contribution is -0.138. The molecule has 0 unspecified atom stereocenters. The van der Waals surface area contributed by atoms with Gasteiger partial charge in [-0.1, -0.05) is 18.2 Å². The molecule has 1 aromatic heterocycles. The van der Waals surface area contributed by atoms with E-state index in [-0.39, 0.29) is 35.3 Å². The second-order valence-electron chi connectivity index (χ2n) is 6.90. The van der Waals surface area contributed by atoms with Gasteiger partial charge in [0.25, 0.3) is 0 Å². The highest BCUT2D eigenvalue weighted by Crippen LogP contribution is 2.49. The minimum atomic E-state index is -4.63. The number of ether oxygens (including phenoxy) is 3. The van der Waals surface area contributed by atoms with E-state index >= 15 is 0 Å². The van der Waals surface area contributed by atoms with E-state index in [0.29, 0.717) is 22.8 Å². The Bertz CT molecular complexity index is 1270. The number of rotatable bonds is 2. The predicted molar refractivity (Wildman–Crippen MR) is 101 cm³/mol. The zero-order valence-electron chi connectivity index (χ0n) is 15.7. The van der Waals surface area contributed by atoms with Gasteiger partial charge in [-0.25, -0.2) is 0 Å². The van der Waals surface area contributed by atoms with Crippen molar-refractivity contribution in [2.75, 3.05) is 6.79 Å². The molecule has 3 aromatic rings. The van der Waals surface area contributed by atoms with Crippen LogP contribution in [0.25, 0.3) is 11.3 Å². The van der Waals surface area contributed by atoms with Crippen molar-refractivity contribution in [3.63, 3.8) is 0 Å². The molecular weight excluding hydrogens is 413 g/mol. The van der Waals surface area contributed by atoms with Crippen LogP contribution in [0.1, 0.15) is 22.6 Å². The molecule has 5 rings (SSSR count). The van der Waals surface area contributed by atoms with Gasteiger partial charge in [-0.15, -0.1) is 5.10 Å². The van der Waals surface area contributed by atoms with Crippen LogP contribution in [-0.4, -0.2) is 17.0 Å². The van der Waals surface area contributed by atoms with E-state index in [2.05, 4.69) is 10.2 Å². The van der Waals surface area contributed by atoms with Gasteiger partial charge in [0.05, 0.1) is 22.7 Å². The maximum absolute atomic E-state index is 13.8. The van der Waals surface area contributed by atoms with Gasteiger partial charge in [0.2, 0.25) is 18.6 Å². The van der Waals surface area contributed by atoms with Crippen LogP contribution in [-0.2, 0) is 6.18 Å². The van der Waals surface area contributed by atoms with Crippen LogP contribution in [0.4, 0.5) is 13.2 Å². The van der Waals surface area contributed by atoms with Gasteiger partial charge in [-0.2, -0.15) is 18.4 Å². The van der Waals surface area contributed by atoms with Crippen LogP contribution in [0.5, 0.6) is 17.4 Å². The third kappa shape index (κ3) is 2.93. The van der Waals surface area contributed by atoms with Gasteiger partial charge >= 0.3 is 6.18 Å². The maximum Gasteiger partial charge on any atom is 0.416 e. The number of alkyl halides is 3. The van der Waals surface area contributed by atoms with Crippen LogP contribution in [0.2, 0.25) is 0 Å². The van der Waals surface area contributed by atoms with E-state index in [1.807, 2.05) is 6.07 Å². The van der Waals surface area contributed by atoms with Crippen LogP contribution in [0.3, 0.4) is 0 Å². The molecule has 7 nitrogen and oxygen atoms in total. The molecule has 3 N–H and O–H groups in total. The number of benzene rings is 2. The number of nitrogens with one attached hydrogen (secondary N) is 1. The van der Waals surface area contributed by atoms with E-state index in [1.165, 1.54) is 18.2 Å². The highest BCUT2D eigenvalue weighted by atomic mass is 19.4. The summed E-state index contributed by atoms with van der Waals surface area (Å²) in [5.41, 5.74) is 5.99. The molecular formula is C21H13F3N4O3. The van der Waals surface area contributed by atoms with E-state index in [9.17, 15) is 18.4 Å². The SMILES string of the molecule is N#CC1=C(N)Oc2n[nH]c(-c3ccc4c(c3)OCO4)c2[C@H]1c1ccccc1C(F)(F)F. The van der Waals surface area contributed by atoms with Gasteiger partial charge in [0.15, 0.2) is 11.5 Å². The lowest BCUT2D eigenvalue weighted by Gasteiger charge is -2.26. The van der Waals surface area contributed by atoms with Gasteiger partial charge in [0.1, 0.15) is 11.6 Å². The number of aromatic amines is 1. The number of nitrogens with zero attached hydrogens (tertiary/aromatic N) is 2. The minimum absolute atomic E-state index is 0.00569. The van der Waals surface area contributed by atoms with Gasteiger partial charge < -0.3 is 19.9 Å². The summed E-state index contributed by atoms with van der Waals surface area (Å²) in [5.74, 6) is -0.382. The summed E-state index contributed by atoms with van der Waals surface area (Å²) < 4.78 is 57.5. The number of halogens is 3. The van der Waals surface area contributed by atoms with E-state index in [0.717, 1.165) is 6.07 Å². The van der Waals surface area contributed by atoms with E-state index in [4.69, 9.17) is 19.9 Å².